The number of phosphoric ester groups is 1. The Hall–Kier alpha value is -3.25. The number of unbranched alkanes of at least 4 members (excludes halogenated alkanes) is 10. The Kier molecular flexibility index (Phi) is 22.2. The van der Waals surface area contributed by atoms with Crippen molar-refractivity contribution in [1.82, 2.24) is 16.5 Å². The van der Waals surface area contributed by atoms with Crippen LogP contribution in [-0.4, -0.2) is 82.6 Å². The number of aliphatic hydroxyl groups excluding tert-OH is 2. The molecule has 18 nitrogen and oxygen atoms in total. The molecule has 0 spiro atoms. The number of aromatic nitrogens is 2. The third kappa shape index (κ3) is 18.4. The molecular formula is C30H52N5O13P. The highest BCUT2D eigenvalue weighted by molar-refractivity contribution is 7.45. The van der Waals surface area contributed by atoms with Crippen LogP contribution in [0.4, 0.5) is 11.4 Å². The van der Waals surface area contributed by atoms with Crippen molar-refractivity contribution in [2.45, 2.75) is 109 Å². The lowest BCUT2D eigenvalue weighted by atomic mass is 10.1. The normalized spacial score (nSPS) is 13.6. The summed E-state index contributed by atoms with van der Waals surface area (Å²) >= 11 is 0. The molecule has 1 heterocycles. The molecule has 0 aliphatic carbocycles. The molecule has 7 N–H and O–H groups in total. The molecule has 49 heavy (non-hydrogen) atoms. The van der Waals surface area contributed by atoms with Crippen molar-refractivity contribution < 1.29 is 57.3 Å². The number of phosphoric acid groups is 1. The molecule has 19 heteroatoms. The highest BCUT2D eigenvalue weighted by Gasteiger charge is 2.22. The number of aliphatic hydroxyl groups is 2. The molecule has 0 amide bonds. The van der Waals surface area contributed by atoms with Gasteiger partial charge in [0.2, 0.25) is 5.52 Å². The van der Waals surface area contributed by atoms with Crippen molar-refractivity contribution in [1.29, 1.82) is 0 Å². The molecule has 0 saturated heterocycles. The van der Waals surface area contributed by atoms with E-state index in [0.29, 0.717) is 30.6 Å². The van der Waals surface area contributed by atoms with E-state index >= 15 is 0 Å². The Morgan fingerprint density at radius 1 is 0.918 bits per heavy atom. The van der Waals surface area contributed by atoms with Crippen LogP contribution >= 0.6 is 7.82 Å². The molecule has 1 aromatic carbocycles. The summed E-state index contributed by atoms with van der Waals surface area (Å²) in [6, 6.07) is 2.98. The lowest BCUT2D eigenvalue weighted by Crippen LogP contribution is -2.30. The van der Waals surface area contributed by atoms with Crippen LogP contribution in [0.3, 0.4) is 0 Å². The molecule has 0 radical (unpaired) electrons. The zero-order valence-electron chi connectivity index (χ0n) is 28.4. The number of fused-ring (bicyclic) bond motifs is 1. The molecule has 0 fully saturated rings. The monoisotopic (exact) mass is 721 g/mol. The lowest BCUT2D eigenvalue weighted by molar-refractivity contribution is -0.383. The second-order valence-electron chi connectivity index (χ2n) is 11.3. The number of ether oxygens (including phenoxy) is 2. The van der Waals surface area contributed by atoms with E-state index in [-0.39, 0.29) is 36.8 Å². The van der Waals surface area contributed by atoms with Crippen LogP contribution in [0.2, 0.25) is 0 Å². The summed E-state index contributed by atoms with van der Waals surface area (Å²) in [6.45, 7) is 0.252. The van der Waals surface area contributed by atoms with E-state index in [0.717, 1.165) is 64.2 Å². The lowest BCUT2D eigenvalue weighted by Gasteiger charge is -2.26. The standard InChI is InChI=1S/C30H49N4O13P.H3N/c1-2-3-11-14-27(37)43-21-24(22-45-48(41,42)44-20-23(36)19-35)46-28(38)15-12-9-7-5-4-6-8-10-13-18-31-25-16-17-26(34(39)40)30-29(25)32-47-33-30;/h16-17,23-24,31,35-36H,2-15,18-22H2,1H3,(H,41,42);1H3/t23?,24-;/m1./s1. The van der Waals surface area contributed by atoms with E-state index < -0.39 is 56.7 Å². The summed E-state index contributed by atoms with van der Waals surface area (Å²) in [7, 11) is -4.88. The highest BCUT2D eigenvalue weighted by atomic mass is 31.2. The van der Waals surface area contributed by atoms with E-state index in [4.69, 9.17) is 19.1 Å². The molecule has 3 atom stereocenters. The highest BCUT2D eigenvalue weighted by Crippen LogP contribution is 2.38. The number of non-ortho nitro benzene ring substituents is 1. The van der Waals surface area contributed by atoms with Gasteiger partial charge in [-0.1, -0.05) is 64.7 Å². The summed E-state index contributed by atoms with van der Waals surface area (Å²) in [6.07, 6.45) is 8.59. The van der Waals surface area contributed by atoms with Gasteiger partial charge < -0.3 is 45.1 Å². The Morgan fingerprint density at radius 3 is 2.16 bits per heavy atom. The maximum atomic E-state index is 12.4. The number of quaternary nitrogens is 1. The number of nitro benzene ring substituents is 1. The van der Waals surface area contributed by atoms with E-state index in [1.807, 2.05) is 6.92 Å². The molecule has 280 valence electrons. The molecule has 0 bridgehead atoms. The van der Waals surface area contributed by atoms with Crippen molar-refractivity contribution in [3.8, 4) is 0 Å². The second-order valence-corrected chi connectivity index (χ2v) is 12.7. The summed E-state index contributed by atoms with van der Waals surface area (Å²) < 4.78 is 36.4. The SMILES string of the molecule is CCCCCC(=O)OC[C@H](COP(=O)([O-])OCC(O)CO)OC(=O)CCCCCCCCCCCNc1ccc([N+](=O)[O-])c2nonc12.[NH4+]. The minimum atomic E-state index is -4.88. The van der Waals surface area contributed by atoms with Gasteiger partial charge in [-0.2, -0.15) is 0 Å². The van der Waals surface area contributed by atoms with Gasteiger partial charge in [0.15, 0.2) is 11.6 Å². The zero-order valence-corrected chi connectivity index (χ0v) is 29.3. The number of rotatable bonds is 28. The summed E-state index contributed by atoms with van der Waals surface area (Å²) in [4.78, 5) is 47.0. The van der Waals surface area contributed by atoms with Gasteiger partial charge >= 0.3 is 17.6 Å². The zero-order chi connectivity index (χ0) is 35.2. The molecule has 0 aliphatic heterocycles. The summed E-state index contributed by atoms with van der Waals surface area (Å²) in [5.41, 5.74) is 0.935. The van der Waals surface area contributed by atoms with Gasteiger partial charge in [-0.15, -0.1) is 0 Å². The minimum Gasteiger partial charge on any atom is -0.756 e. The quantitative estimate of drug-likeness (QED) is 0.0304. The predicted molar refractivity (Wildman–Crippen MR) is 177 cm³/mol. The van der Waals surface area contributed by atoms with Crippen LogP contribution < -0.4 is 16.4 Å². The number of esters is 2. The van der Waals surface area contributed by atoms with Crippen molar-refractivity contribution in [2.24, 2.45) is 0 Å². The molecule has 2 unspecified atom stereocenters. The Morgan fingerprint density at radius 2 is 1.51 bits per heavy atom. The fourth-order valence-corrected chi connectivity index (χ4v) is 5.36. The first-order chi connectivity index (χ1) is 23.1. The number of anilines is 1. The molecule has 0 saturated carbocycles. The van der Waals surface area contributed by atoms with Crippen LogP contribution in [0.5, 0.6) is 0 Å². The molecule has 2 rings (SSSR count). The second kappa shape index (κ2) is 24.8. The number of hydrogen-bond donors (Lipinski definition) is 4. The van der Waals surface area contributed by atoms with Crippen molar-refractivity contribution in [2.75, 3.05) is 38.3 Å². The average Bonchev–Trinajstić information content (AvgIpc) is 3.56. The van der Waals surface area contributed by atoms with Crippen LogP contribution in [0.15, 0.2) is 16.8 Å². The third-order valence-electron chi connectivity index (χ3n) is 7.23. The third-order valence-corrected chi connectivity index (χ3v) is 8.16. The van der Waals surface area contributed by atoms with E-state index in [1.165, 1.54) is 6.07 Å². The predicted octanol–water partition coefficient (Wildman–Crippen LogP) is 4.71. The number of carbonyl (C=O) groups is 2. The Balaban J connectivity index is 0.0000120. The Labute approximate surface area is 285 Å². The number of nitro groups is 1. The van der Waals surface area contributed by atoms with E-state index in [1.54, 1.807) is 6.07 Å². The van der Waals surface area contributed by atoms with Crippen LogP contribution in [0.1, 0.15) is 96.8 Å². The first-order valence-corrected chi connectivity index (χ1v) is 17.9. The van der Waals surface area contributed by atoms with Gasteiger partial charge in [-0.25, -0.2) is 4.63 Å². The van der Waals surface area contributed by atoms with Gasteiger partial charge in [0.25, 0.3) is 7.82 Å². The van der Waals surface area contributed by atoms with E-state index in [9.17, 15) is 34.3 Å². The van der Waals surface area contributed by atoms with Crippen LogP contribution in [0, 0.1) is 10.1 Å². The fourth-order valence-electron chi connectivity index (χ4n) is 4.58. The van der Waals surface area contributed by atoms with Gasteiger partial charge in [0, 0.05) is 25.5 Å². The van der Waals surface area contributed by atoms with Crippen LogP contribution in [-0.2, 0) is 32.7 Å². The first-order valence-electron chi connectivity index (χ1n) is 16.4. The number of nitrogens with zero attached hydrogens (tertiary/aromatic N) is 3. The van der Waals surface area contributed by atoms with Crippen molar-refractivity contribution in [3.63, 3.8) is 0 Å². The van der Waals surface area contributed by atoms with Gasteiger partial charge in [0.1, 0.15) is 12.7 Å². The van der Waals surface area contributed by atoms with Gasteiger partial charge in [0.05, 0.1) is 30.4 Å². The summed E-state index contributed by atoms with van der Waals surface area (Å²) in [5, 5.41) is 39.8. The Bertz CT molecular complexity index is 1300. The van der Waals surface area contributed by atoms with Crippen molar-refractivity contribution in [3.05, 3.63) is 22.2 Å². The number of hydrogen-bond acceptors (Lipinski definition) is 16. The molecule has 2 aromatic rings. The molecule has 1 aromatic heterocycles. The maximum Gasteiger partial charge on any atom is 0.306 e. The van der Waals surface area contributed by atoms with Crippen molar-refractivity contribution >= 4 is 42.2 Å². The summed E-state index contributed by atoms with van der Waals surface area (Å²) in [5.74, 6) is -1.08. The molecule has 0 aliphatic rings. The number of carbonyl (C=O) groups excluding carboxylic acids is 2. The first kappa shape index (κ1) is 43.8. The van der Waals surface area contributed by atoms with Gasteiger partial charge in [-0.05, 0) is 35.6 Å². The topological polar surface area (TPSA) is 282 Å². The van der Waals surface area contributed by atoms with Gasteiger partial charge in [-0.3, -0.25) is 24.3 Å². The van der Waals surface area contributed by atoms with E-state index in [2.05, 4.69) is 24.8 Å². The number of benzene rings is 1. The van der Waals surface area contributed by atoms with Crippen LogP contribution in [0.25, 0.3) is 11.0 Å². The fraction of sp³-hybridized carbons (Fsp3) is 0.733. The maximum absolute atomic E-state index is 12.4. The largest absolute Gasteiger partial charge is 0.756 e. The smallest absolute Gasteiger partial charge is 0.306 e. The average molecular weight is 722 g/mol. The molecular weight excluding hydrogens is 669 g/mol. The minimum absolute atomic E-state index is 0. The number of nitrogens with one attached hydrogen (secondary N) is 1.